The second-order valence-corrected chi connectivity index (χ2v) is 7.57. The molecule has 0 unspecified atom stereocenters. The van der Waals surface area contributed by atoms with Crippen LogP contribution < -0.4 is 4.18 Å². The largest absolute Gasteiger partial charge is 0.446 e. The predicted molar refractivity (Wildman–Crippen MR) is 112 cm³/mol. The molecule has 1 heterocycles. The number of nitrogens with one attached hydrogen (secondary N) is 1. The third-order valence-corrected chi connectivity index (χ3v) is 4.79. The van der Waals surface area contributed by atoms with Crippen LogP contribution in [0.15, 0.2) is 78.9 Å². The fourth-order valence-corrected chi connectivity index (χ4v) is 3.49. The molecule has 0 amide bonds. The fourth-order valence-electron chi connectivity index (χ4n) is 3.13. The zero-order valence-electron chi connectivity index (χ0n) is 15.5. The first-order valence-corrected chi connectivity index (χ1v) is 10.3. The van der Waals surface area contributed by atoms with Crippen molar-refractivity contribution in [1.82, 2.24) is 9.97 Å². The SMILES string of the molecule is Cc1ccc(-c2nc(-c3ccccc3)c(-c3ccccc3)[nH]2)c(OS(=O)(=O)O)c1. The molecule has 3 aromatic carbocycles. The monoisotopic (exact) mass is 406 g/mol. The van der Waals surface area contributed by atoms with Gasteiger partial charge in [0.05, 0.1) is 17.0 Å². The Hall–Kier alpha value is -3.42. The maximum Gasteiger partial charge on any atom is 0.446 e. The first-order valence-electron chi connectivity index (χ1n) is 8.89. The summed E-state index contributed by atoms with van der Waals surface area (Å²) in [4.78, 5) is 8.03. The zero-order valence-corrected chi connectivity index (χ0v) is 16.3. The van der Waals surface area contributed by atoms with E-state index < -0.39 is 10.4 Å². The van der Waals surface area contributed by atoms with Crippen molar-refractivity contribution in [3.63, 3.8) is 0 Å². The molecular weight excluding hydrogens is 388 g/mol. The molecule has 0 saturated carbocycles. The molecule has 6 nitrogen and oxygen atoms in total. The van der Waals surface area contributed by atoms with Crippen LogP contribution in [-0.4, -0.2) is 22.9 Å². The normalized spacial score (nSPS) is 11.4. The van der Waals surface area contributed by atoms with Crippen LogP contribution >= 0.6 is 0 Å². The summed E-state index contributed by atoms with van der Waals surface area (Å²) in [5, 5.41) is 0. The standard InChI is InChI=1S/C22H18N2O4S/c1-15-12-13-18(19(14-15)28-29(25,26)27)22-23-20(16-8-4-2-5-9-16)21(24-22)17-10-6-3-7-11-17/h2-14H,1H3,(H,23,24)(H,25,26,27). The van der Waals surface area contributed by atoms with E-state index in [1.165, 1.54) is 6.07 Å². The molecule has 0 bridgehead atoms. The van der Waals surface area contributed by atoms with Crippen molar-refractivity contribution >= 4 is 10.4 Å². The molecule has 0 atom stereocenters. The average Bonchev–Trinajstić information content (AvgIpc) is 3.13. The van der Waals surface area contributed by atoms with Crippen molar-refractivity contribution in [3.05, 3.63) is 84.4 Å². The van der Waals surface area contributed by atoms with Crippen molar-refractivity contribution in [1.29, 1.82) is 0 Å². The molecule has 29 heavy (non-hydrogen) atoms. The van der Waals surface area contributed by atoms with Crippen molar-refractivity contribution in [2.75, 3.05) is 0 Å². The van der Waals surface area contributed by atoms with Gasteiger partial charge in [0.25, 0.3) is 0 Å². The Labute approximate surface area is 168 Å². The first-order chi connectivity index (χ1) is 13.9. The van der Waals surface area contributed by atoms with Gasteiger partial charge in [0.1, 0.15) is 5.82 Å². The quantitative estimate of drug-likeness (QED) is 0.460. The lowest BCUT2D eigenvalue weighted by molar-refractivity contribution is 0.387. The second kappa shape index (κ2) is 7.54. The average molecular weight is 406 g/mol. The van der Waals surface area contributed by atoms with Crippen LogP contribution in [0.3, 0.4) is 0 Å². The molecule has 0 aliphatic heterocycles. The van der Waals surface area contributed by atoms with Gasteiger partial charge >= 0.3 is 10.4 Å². The van der Waals surface area contributed by atoms with Gasteiger partial charge < -0.3 is 9.17 Å². The summed E-state index contributed by atoms with van der Waals surface area (Å²) in [6, 6.07) is 24.5. The third kappa shape index (κ3) is 4.21. The Morgan fingerprint density at radius 3 is 2.14 bits per heavy atom. The number of aromatic amines is 1. The summed E-state index contributed by atoms with van der Waals surface area (Å²) in [5.74, 6) is 0.432. The van der Waals surface area contributed by atoms with E-state index in [0.29, 0.717) is 11.4 Å². The Morgan fingerprint density at radius 1 is 0.897 bits per heavy atom. The molecule has 0 radical (unpaired) electrons. The Morgan fingerprint density at radius 2 is 1.52 bits per heavy atom. The van der Waals surface area contributed by atoms with E-state index in [9.17, 15) is 8.42 Å². The summed E-state index contributed by atoms with van der Waals surface area (Å²) in [6.45, 7) is 1.80. The Bertz CT molecular complexity index is 1190. The molecule has 0 spiro atoms. The highest BCUT2D eigenvalue weighted by atomic mass is 32.3. The molecule has 0 fully saturated rings. The van der Waals surface area contributed by atoms with Crippen LogP contribution in [0.2, 0.25) is 0 Å². The molecule has 2 N–H and O–H groups in total. The Balaban J connectivity index is 1.92. The molecule has 4 rings (SSSR count). The number of hydrogen-bond acceptors (Lipinski definition) is 4. The fraction of sp³-hybridized carbons (Fsp3) is 0.0455. The second-order valence-electron chi connectivity index (χ2n) is 6.55. The van der Waals surface area contributed by atoms with E-state index in [0.717, 1.165) is 28.1 Å². The van der Waals surface area contributed by atoms with E-state index >= 15 is 0 Å². The number of benzene rings is 3. The minimum Gasteiger partial charge on any atom is -0.361 e. The number of rotatable bonds is 5. The number of nitrogens with zero attached hydrogens (tertiary/aromatic N) is 1. The molecule has 1 aromatic heterocycles. The highest BCUT2D eigenvalue weighted by Gasteiger charge is 2.19. The Kier molecular flexibility index (Phi) is 4.92. The van der Waals surface area contributed by atoms with Crippen molar-refractivity contribution in [3.8, 4) is 39.7 Å². The summed E-state index contributed by atoms with van der Waals surface area (Å²) in [5.41, 5.74) is 4.58. The molecule has 7 heteroatoms. The van der Waals surface area contributed by atoms with Crippen molar-refractivity contribution < 1.29 is 17.2 Å². The van der Waals surface area contributed by atoms with Crippen molar-refractivity contribution in [2.24, 2.45) is 0 Å². The third-order valence-electron chi connectivity index (χ3n) is 4.40. The minimum atomic E-state index is -4.67. The van der Waals surface area contributed by atoms with Gasteiger partial charge in [0.2, 0.25) is 0 Å². The van der Waals surface area contributed by atoms with Gasteiger partial charge in [-0.2, -0.15) is 8.42 Å². The van der Waals surface area contributed by atoms with Crippen LogP contribution in [-0.2, 0) is 10.4 Å². The summed E-state index contributed by atoms with van der Waals surface area (Å²) in [7, 11) is -4.67. The van der Waals surface area contributed by atoms with Gasteiger partial charge in [0.15, 0.2) is 5.75 Å². The molecule has 0 saturated heterocycles. The maximum atomic E-state index is 11.3. The lowest BCUT2D eigenvalue weighted by atomic mass is 10.1. The van der Waals surface area contributed by atoms with Crippen LogP contribution in [0.1, 0.15) is 5.56 Å². The predicted octanol–water partition coefficient (Wildman–Crippen LogP) is 4.90. The van der Waals surface area contributed by atoms with Gasteiger partial charge in [-0.15, -0.1) is 0 Å². The number of aromatic nitrogens is 2. The van der Waals surface area contributed by atoms with Gasteiger partial charge in [-0.3, -0.25) is 4.55 Å². The highest BCUT2D eigenvalue weighted by Crippen LogP contribution is 2.36. The summed E-state index contributed by atoms with van der Waals surface area (Å²) in [6.07, 6.45) is 0. The number of aryl methyl sites for hydroxylation is 1. The van der Waals surface area contributed by atoms with E-state index in [1.807, 2.05) is 66.7 Å². The van der Waals surface area contributed by atoms with Gasteiger partial charge in [-0.05, 0) is 24.6 Å². The lowest BCUT2D eigenvalue weighted by Gasteiger charge is -2.08. The number of imidazole rings is 1. The van der Waals surface area contributed by atoms with Crippen LogP contribution in [0.25, 0.3) is 33.9 Å². The van der Waals surface area contributed by atoms with Crippen LogP contribution in [0, 0.1) is 6.92 Å². The zero-order chi connectivity index (χ0) is 20.4. The number of H-pyrrole nitrogens is 1. The van der Waals surface area contributed by atoms with E-state index in [1.54, 1.807) is 13.0 Å². The first kappa shape index (κ1) is 18.9. The molecular formula is C22H18N2O4S. The highest BCUT2D eigenvalue weighted by molar-refractivity contribution is 7.81. The van der Waals surface area contributed by atoms with Gasteiger partial charge in [0, 0.05) is 11.1 Å². The molecule has 146 valence electrons. The topological polar surface area (TPSA) is 92.3 Å². The smallest absolute Gasteiger partial charge is 0.361 e. The summed E-state index contributed by atoms with van der Waals surface area (Å²) < 4.78 is 36.6. The molecule has 0 aliphatic carbocycles. The van der Waals surface area contributed by atoms with Crippen molar-refractivity contribution in [2.45, 2.75) is 6.92 Å². The minimum absolute atomic E-state index is 0.000438. The number of hydrogen-bond donors (Lipinski definition) is 2. The van der Waals surface area contributed by atoms with Crippen LogP contribution in [0.4, 0.5) is 0 Å². The van der Waals surface area contributed by atoms with E-state index in [-0.39, 0.29) is 5.75 Å². The van der Waals surface area contributed by atoms with E-state index in [4.69, 9.17) is 13.7 Å². The van der Waals surface area contributed by atoms with E-state index in [2.05, 4.69) is 4.98 Å². The van der Waals surface area contributed by atoms with Gasteiger partial charge in [-0.1, -0.05) is 66.7 Å². The maximum absolute atomic E-state index is 11.3. The molecule has 0 aliphatic rings. The summed E-state index contributed by atoms with van der Waals surface area (Å²) >= 11 is 0. The van der Waals surface area contributed by atoms with Crippen LogP contribution in [0.5, 0.6) is 5.75 Å². The molecule has 4 aromatic rings. The van der Waals surface area contributed by atoms with Gasteiger partial charge in [-0.25, -0.2) is 4.98 Å². The lowest BCUT2D eigenvalue weighted by Crippen LogP contribution is -2.07.